The Morgan fingerprint density at radius 1 is 1.23 bits per heavy atom. The predicted octanol–water partition coefficient (Wildman–Crippen LogP) is 2.55. The molecule has 0 aliphatic carbocycles. The van der Waals surface area contributed by atoms with Crippen LogP contribution in [0.3, 0.4) is 0 Å². The van der Waals surface area contributed by atoms with E-state index in [1.54, 1.807) is 6.07 Å². The molecule has 1 heterocycles. The highest BCUT2D eigenvalue weighted by Gasteiger charge is 2.39. The van der Waals surface area contributed by atoms with Crippen LogP contribution < -0.4 is 5.73 Å². The molecular formula is C18H14N2O5S. The summed E-state index contributed by atoms with van der Waals surface area (Å²) in [6, 6.07) is 12.3. The van der Waals surface area contributed by atoms with Gasteiger partial charge in [0.05, 0.1) is 10.7 Å². The zero-order valence-electron chi connectivity index (χ0n) is 16.2. The van der Waals surface area contributed by atoms with Crippen LogP contribution in [-0.4, -0.2) is 14.2 Å². The minimum Gasteiger partial charge on any atom is -0.460 e. The maximum absolute atomic E-state index is 12.7. The molecule has 26 heavy (non-hydrogen) atoms. The summed E-state index contributed by atoms with van der Waals surface area (Å²) in [5.74, 6) is -2.95. The van der Waals surface area contributed by atoms with Gasteiger partial charge < -0.3 is 14.7 Å². The van der Waals surface area contributed by atoms with E-state index in [0.717, 1.165) is 0 Å². The highest BCUT2D eigenvalue weighted by atomic mass is 32.2. The second kappa shape index (κ2) is 6.90. The van der Waals surface area contributed by atoms with Gasteiger partial charge in [-0.05, 0) is 11.1 Å². The van der Waals surface area contributed by atoms with E-state index >= 15 is 0 Å². The molecule has 0 saturated carbocycles. The Hall–Kier alpha value is -3.31. The van der Waals surface area contributed by atoms with E-state index in [-0.39, 0.29) is 16.8 Å². The first-order chi connectivity index (χ1) is 13.5. The van der Waals surface area contributed by atoms with E-state index in [0.29, 0.717) is 0 Å². The van der Waals surface area contributed by atoms with Gasteiger partial charge in [0.2, 0.25) is 17.4 Å². The number of benzene rings is 2. The molecular weight excluding hydrogens is 356 g/mol. The van der Waals surface area contributed by atoms with Crippen LogP contribution in [0, 0.1) is 6.57 Å². The summed E-state index contributed by atoms with van der Waals surface area (Å²) in [6.45, 7) is 6.93. The molecule has 0 radical (unpaired) electrons. The molecule has 0 spiro atoms. The Bertz CT molecular complexity index is 1140. The molecule has 0 saturated heterocycles. The van der Waals surface area contributed by atoms with E-state index in [9.17, 15) is 13.2 Å². The van der Waals surface area contributed by atoms with Gasteiger partial charge in [-0.25, -0.2) is 4.85 Å². The quantitative estimate of drug-likeness (QED) is 0.639. The molecule has 0 fully saturated rings. The molecule has 8 heteroatoms. The van der Waals surface area contributed by atoms with Gasteiger partial charge in [-0.2, -0.15) is 8.42 Å². The molecule has 0 amide bonds. The lowest BCUT2D eigenvalue weighted by Gasteiger charge is -2.10. The zero-order valence-corrected chi connectivity index (χ0v) is 14.0. The van der Waals surface area contributed by atoms with Crippen molar-refractivity contribution in [3.63, 3.8) is 0 Å². The molecule has 7 nitrogen and oxygen atoms in total. The summed E-state index contributed by atoms with van der Waals surface area (Å²) in [5, 5.41) is 0. The fourth-order valence-electron chi connectivity index (χ4n) is 2.16. The second-order valence-electron chi connectivity index (χ2n) is 5.12. The van der Waals surface area contributed by atoms with Crippen LogP contribution in [0.15, 0.2) is 66.2 Å². The number of ketones is 1. The van der Waals surface area contributed by atoms with E-state index in [4.69, 9.17) is 25.3 Å². The van der Waals surface area contributed by atoms with Gasteiger partial charge in [0.15, 0.2) is 11.8 Å². The molecule has 2 aromatic carbocycles. The van der Waals surface area contributed by atoms with Crippen molar-refractivity contribution in [2.24, 2.45) is 5.73 Å². The number of carbonyl (C=O) groups excluding carboxylic acids is 1. The number of Topliss-reactive ketones (excluding diaryl/α,β-unsaturated/α-hetero) is 1. The topological polar surface area (TPSA) is 100 Å². The third kappa shape index (κ3) is 3.68. The molecule has 3 rings (SSSR count). The van der Waals surface area contributed by atoms with Crippen molar-refractivity contribution in [1.29, 1.82) is 0 Å². The Morgan fingerprint density at radius 3 is 2.50 bits per heavy atom. The predicted molar refractivity (Wildman–Crippen MR) is 92.9 cm³/mol. The van der Waals surface area contributed by atoms with E-state index < -0.39 is 39.3 Å². The highest BCUT2D eigenvalue weighted by molar-refractivity contribution is 7.86. The molecule has 0 aromatic heterocycles. The SMILES string of the molecule is [2H]C1(c2ccc([N+]#[C-])cc2)OC(N)=C(OS(=O)(=O)C([2H])([2H])c2ccccc2)C1=O. The molecule has 1 atom stereocenters. The Balaban J connectivity index is 1.92. The van der Waals surface area contributed by atoms with Crippen molar-refractivity contribution >= 4 is 21.6 Å². The van der Waals surface area contributed by atoms with Gasteiger partial charge in [0.1, 0.15) is 5.70 Å². The van der Waals surface area contributed by atoms with Gasteiger partial charge in [-0.15, -0.1) is 0 Å². The van der Waals surface area contributed by atoms with E-state index in [1.807, 2.05) is 0 Å². The maximum atomic E-state index is 12.7. The lowest BCUT2D eigenvalue weighted by Crippen LogP contribution is -2.16. The van der Waals surface area contributed by atoms with Crippen molar-refractivity contribution < 1.29 is 26.2 Å². The number of nitrogens with zero attached hydrogens (tertiary/aromatic N) is 1. The average Bonchev–Trinajstić information content (AvgIpc) is 2.92. The lowest BCUT2D eigenvalue weighted by molar-refractivity contribution is -0.123. The molecule has 1 unspecified atom stereocenters. The summed E-state index contributed by atoms with van der Waals surface area (Å²) < 4.78 is 59.1. The summed E-state index contributed by atoms with van der Waals surface area (Å²) in [4.78, 5) is 15.9. The average molecular weight is 373 g/mol. The standard InChI is InChI=1S/C18H14N2O5S/c1-20-14-9-7-13(8-10-14)16-15(21)17(18(19)24-16)25-26(22,23)11-12-5-3-2-4-6-12/h2-10,16H,11,19H2/i11D2,16D. The summed E-state index contributed by atoms with van der Waals surface area (Å²) >= 11 is 0. The van der Waals surface area contributed by atoms with Crippen LogP contribution in [0.4, 0.5) is 5.69 Å². The zero-order chi connectivity index (χ0) is 21.4. The van der Waals surface area contributed by atoms with Crippen LogP contribution in [0.2, 0.25) is 0 Å². The lowest BCUT2D eigenvalue weighted by atomic mass is 10.1. The smallest absolute Gasteiger partial charge is 0.313 e. The largest absolute Gasteiger partial charge is 0.460 e. The molecule has 132 valence electrons. The number of ether oxygens (including phenoxy) is 1. The molecule has 1 aliphatic rings. The van der Waals surface area contributed by atoms with Crippen molar-refractivity contribution in [1.82, 2.24) is 0 Å². The maximum Gasteiger partial charge on any atom is 0.313 e. The fourth-order valence-corrected chi connectivity index (χ4v) is 3.00. The number of nitrogens with two attached hydrogens (primary N) is 1. The van der Waals surface area contributed by atoms with Crippen LogP contribution in [-0.2, 0) is 29.5 Å². The fraction of sp³-hybridized carbons (Fsp3) is 0.111. The first-order valence-electron chi connectivity index (χ1n) is 8.74. The summed E-state index contributed by atoms with van der Waals surface area (Å²) in [7, 11) is -5.03. The highest BCUT2D eigenvalue weighted by Crippen LogP contribution is 2.33. The number of rotatable bonds is 5. The van der Waals surface area contributed by atoms with Crippen LogP contribution in [0.1, 0.15) is 21.3 Å². The minimum absolute atomic E-state index is 0.0000764. The third-order valence-electron chi connectivity index (χ3n) is 3.32. The van der Waals surface area contributed by atoms with Gasteiger partial charge >= 0.3 is 10.1 Å². The Kier molecular flexibility index (Phi) is 3.69. The number of carbonyl (C=O) groups is 1. The van der Waals surface area contributed by atoms with Crippen LogP contribution in [0.5, 0.6) is 0 Å². The van der Waals surface area contributed by atoms with Gasteiger partial charge in [0, 0.05) is 0 Å². The molecule has 2 N–H and O–H groups in total. The van der Waals surface area contributed by atoms with Crippen molar-refractivity contribution in [2.75, 3.05) is 0 Å². The first-order valence-corrected chi connectivity index (χ1v) is 8.65. The Labute approximate surface area is 154 Å². The second-order valence-corrected chi connectivity index (χ2v) is 6.40. The summed E-state index contributed by atoms with van der Waals surface area (Å²) in [5.41, 5.74) is 2.64. The Morgan fingerprint density at radius 2 is 1.88 bits per heavy atom. The van der Waals surface area contributed by atoms with Crippen LogP contribution >= 0.6 is 0 Å². The number of hydrogen-bond donors (Lipinski definition) is 1. The minimum atomic E-state index is -5.03. The first kappa shape index (κ1) is 13.9. The van der Waals surface area contributed by atoms with Gasteiger partial charge in [-0.1, -0.05) is 54.6 Å². The molecule has 1 aliphatic heterocycles. The normalized spacial score (nSPS) is 22.0. The third-order valence-corrected chi connectivity index (χ3v) is 4.19. The van der Waals surface area contributed by atoms with E-state index in [2.05, 4.69) is 4.85 Å². The summed E-state index contributed by atoms with van der Waals surface area (Å²) in [6.07, 6.45) is -2.42. The molecule has 2 aromatic rings. The monoisotopic (exact) mass is 373 g/mol. The van der Waals surface area contributed by atoms with Crippen molar-refractivity contribution in [3.05, 3.63) is 88.8 Å². The molecule has 0 bridgehead atoms. The van der Waals surface area contributed by atoms with Gasteiger partial charge in [-0.3, -0.25) is 4.79 Å². The number of hydrogen-bond acceptors (Lipinski definition) is 6. The van der Waals surface area contributed by atoms with E-state index in [1.165, 1.54) is 48.5 Å². The van der Waals surface area contributed by atoms with Crippen LogP contribution in [0.25, 0.3) is 4.85 Å². The van der Waals surface area contributed by atoms with Gasteiger partial charge in [0.25, 0.3) is 0 Å². The van der Waals surface area contributed by atoms with Crippen molar-refractivity contribution in [2.45, 2.75) is 11.8 Å². The van der Waals surface area contributed by atoms with Crippen molar-refractivity contribution in [3.8, 4) is 0 Å².